The highest BCUT2D eigenvalue weighted by atomic mass is 14.6. The van der Waals surface area contributed by atoms with E-state index in [0.29, 0.717) is 0 Å². The Balaban J connectivity index is 1.36. The maximum Gasteiger partial charge on any atom is 0.0273 e. The molecule has 5 heteroatoms. The van der Waals surface area contributed by atoms with Crippen LogP contribution in [-0.2, 0) is 0 Å². The number of hydrogen-bond acceptors (Lipinski definition) is 5. The third-order valence-corrected chi connectivity index (χ3v) is 8.53. The second-order valence-corrected chi connectivity index (χ2v) is 11.6. The average Bonchev–Trinajstić information content (AvgIpc) is 3.19. The van der Waals surface area contributed by atoms with Crippen LogP contribution in [-0.4, -0.2) is 24.9 Å². The fraction of sp³-hybridized carbons (Fsp3) is 0. The van der Waals surface area contributed by atoms with E-state index in [1.165, 1.54) is 0 Å². The first-order valence-corrected chi connectivity index (χ1v) is 15.7. The number of aromatic nitrogens is 5. The fourth-order valence-corrected chi connectivity index (χ4v) is 6.10. The van der Waals surface area contributed by atoms with Crippen molar-refractivity contribution in [1.82, 2.24) is 24.9 Å². The van der Waals surface area contributed by atoms with Gasteiger partial charge >= 0.3 is 0 Å². The quantitative estimate of drug-likeness (QED) is 0.178. The summed E-state index contributed by atoms with van der Waals surface area (Å²) in [5, 5.41) is 0. The predicted octanol–water partition coefficient (Wildman–Crippen LogP) is 10.3. The number of benzene rings is 3. The average molecular weight is 616 g/mol. The Labute approximate surface area is 279 Å². The summed E-state index contributed by atoms with van der Waals surface area (Å²) in [6.45, 7) is 0. The number of rotatable bonds is 7. The van der Waals surface area contributed by atoms with Crippen LogP contribution in [0.1, 0.15) is 0 Å². The van der Waals surface area contributed by atoms with Crippen LogP contribution in [0.4, 0.5) is 0 Å². The summed E-state index contributed by atoms with van der Waals surface area (Å²) in [6.07, 6.45) is 18.4. The molecule has 3 aromatic carbocycles. The van der Waals surface area contributed by atoms with Gasteiger partial charge in [-0.05, 0) is 193 Å². The molecule has 0 fully saturated rings. The molecule has 0 aliphatic heterocycles. The minimum absolute atomic E-state index is 1.10. The Morgan fingerprint density at radius 2 is 0.292 bits per heavy atom. The number of hydrogen-bond donors (Lipinski definition) is 0. The monoisotopic (exact) mass is 615 g/mol. The van der Waals surface area contributed by atoms with Crippen molar-refractivity contribution in [2.24, 2.45) is 0 Å². The van der Waals surface area contributed by atoms with Crippen LogP contribution < -0.4 is 0 Å². The molecule has 0 unspecified atom stereocenters. The lowest BCUT2D eigenvalue weighted by Gasteiger charge is -2.16. The smallest absolute Gasteiger partial charge is 0.0273 e. The molecule has 5 heterocycles. The topological polar surface area (TPSA) is 64.5 Å². The molecule has 8 rings (SSSR count). The first-order valence-electron chi connectivity index (χ1n) is 15.7. The zero-order chi connectivity index (χ0) is 32.1. The fourth-order valence-electron chi connectivity index (χ4n) is 6.10. The van der Waals surface area contributed by atoms with Gasteiger partial charge in [-0.1, -0.05) is 0 Å². The Kier molecular flexibility index (Phi) is 7.83. The lowest BCUT2D eigenvalue weighted by Crippen LogP contribution is -1.91. The number of pyridine rings is 5. The van der Waals surface area contributed by atoms with E-state index >= 15 is 0 Å². The predicted molar refractivity (Wildman–Crippen MR) is 193 cm³/mol. The van der Waals surface area contributed by atoms with Gasteiger partial charge in [0.25, 0.3) is 0 Å². The van der Waals surface area contributed by atoms with Gasteiger partial charge in [-0.2, -0.15) is 0 Å². The minimum Gasteiger partial charge on any atom is -0.265 e. The summed E-state index contributed by atoms with van der Waals surface area (Å²) < 4.78 is 0. The van der Waals surface area contributed by atoms with E-state index < -0.39 is 0 Å². The van der Waals surface area contributed by atoms with Gasteiger partial charge in [0.05, 0.1) is 0 Å². The zero-order valence-corrected chi connectivity index (χ0v) is 26.0. The molecule has 5 aromatic heterocycles. The van der Waals surface area contributed by atoms with Gasteiger partial charge in [0, 0.05) is 62.0 Å². The Morgan fingerprint density at radius 3 is 0.438 bits per heavy atom. The molecular formula is C43H29N5. The molecule has 0 saturated heterocycles. The molecule has 8 aromatic rings. The Morgan fingerprint density at radius 1 is 0.167 bits per heavy atom. The maximum atomic E-state index is 4.29. The van der Waals surface area contributed by atoms with Crippen molar-refractivity contribution in [3.63, 3.8) is 0 Å². The van der Waals surface area contributed by atoms with Crippen LogP contribution in [0.15, 0.2) is 177 Å². The van der Waals surface area contributed by atoms with Crippen molar-refractivity contribution < 1.29 is 0 Å². The molecule has 226 valence electrons. The molecule has 0 spiro atoms. The van der Waals surface area contributed by atoms with E-state index in [1.54, 1.807) is 0 Å². The van der Waals surface area contributed by atoms with Gasteiger partial charge in [0.1, 0.15) is 0 Å². The van der Waals surface area contributed by atoms with E-state index in [4.69, 9.17) is 0 Å². The first kappa shape index (κ1) is 28.9. The highest BCUT2D eigenvalue weighted by Gasteiger charge is 2.13. The van der Waals surface area contributed by atoms with Gasteiger partial charge in [-0.15, -0.1) is 0 Å². The second kappa shape index (κ2) is 13.0. The van der Waals surface area contributed by atoms with Crippen molar-refractivity contribution in [2.75, 3.05) is 0 Å². The molecule has 0 aliphatic carbocycles. The Bertz CT molecular complexity index is 2050. The normalized spacial score (nSPS) is 10.9. The minimum atomic E-state index is 1.10. The lowest BCUT2D eigenvalue weighted by molar-refractivity contribution is 1.32. The van der Waals surface area contributed by atoms with Crippen LogP contribution in [0.5, 0.6) is 0 Å². The van der Waals surface area contributed by atoms with Gasteiger partial charge in [-0.25, -0.2) is 0 Å². The molecule has 0 saturated carbocycles. The van der Waals surface area contributed by atoms with E-state index in [0.717, 1.165) is 77.9 Å². The molecule has 48 heavy (non-hydrogen) atoms. The Hall–Kier alpha value is -6.59. The molecule has 0 atom stereocenters. The molecule has 0 amide bonds. The van der Waals surface area contributed by atoms with Crippen LogP contribution in [0, 0.1) is 0 Å². The first-order chi connectivity index (χ1) is 23.8. The molecule has 0 bridgehead atoms. The molecular weight excluding hydrogens is 587 g/mol. The van der Waals surface area contributed by atoms with Crippen molar-refractivity contribution >= 4 is 0 Å². The standard InChI is InChI=1S/C43H29N5/c1-11-44-12-2-30(1)35-21-36(31-3-13-45-14-4-31)24-40(23-35)42-27-39(34-9-19-48-20-10-34)28-43(29-42)41-25-37(32-5-15-46-16-6-32)22-38(26-41)33-7-17-47-18-8-33/h1-29H. The summed E-state index contributed by atoms with van der Waals surface area (Å²) in [5.41, 5.74) is 15.6. The third kappa shape index (κ3) is 6.13. The summed E-state index contributed by atoms with van der Waals surface area (Å²) in [6, 6.07) is 41.0. The third-order valence-electron chi connectivity index (χ3n) is 8.53. The molecule has 0 aliphatic rings. The summed E-state index contributed by atoms with van der Waals surface area (Å²) in [4.78, 5) is 21.3. The van der Waals surface area contributed by atoms with E-state index in [2.05, 4.69) is 140 Å². The van der Waals surface area contributed by atoms with Crippen LogP contribution in [0.3, 0.4) is 0 Å². The maximum absolute atomic E-state index is 4.29. The summed E-state index contributed by atoms with van der Waals surface area (Å²) in [5.74, 6) is 0. The van der Waals surface area contributed by atoms with Gasteiger partial charge < -0.3 is 0 Å². The van der Waals surface area contributed by atoms with E-state index in [9.17, 15) is 0 Å². The van der Waals surface area contributed by atoms with Crippen molar-refractivity contribution in [2.45, 2.75) is 0 Å². The highest BCUT2D eigenvalue weighted by molar-refractivity contribution is 5.88. The van der Waals surface area contributed by atoms with Gasteiger partial charge in [0.15, 0.2) is 0 Å². The van der Waals surface area contributed by atoms with Crippen LogP contribution in [0.25, 0.3) is 77.9 Å². The van der Waals surface area contributed by atoms with Crippen molar-refractivity contribution in [1.29, 1.82) is 0 Å². The van der Waals surface area contributed by atoms with Crippen molar-refractivity contribution in [3.8, 4) is 77.9 Å². The molecule has 5 nitrogen and oxygen atoms in total. The van der Waals surface area contributed by atoms with Crippen LogP contribution in [0.2, 0.25) is 0 Å². The van der Waals surface area contributed by atoms with Crippen LogP contribution >= 0.6 is 0 Å². The largest absolute Gasteiger partial charge is 0.265 e. The summed E-state index contributed by atoms with van der Waals surface area (Å²) >= 11 is 0. The lowest BCUT2D eigenvalue weighted by atomic mass is 9.88. The zero-order valence-electron chi connectivity index (χ0n) is 26.0. The van der Waals surface area contributed by atoms with E-state index in [-0.39, 0.29) is 0 Å². The van der Waals surface area contributed by atoms with Crippen molar-refractivity contribution in [3.05, 3.63) is 177 Å². The molecule has 0 radical (unpaired) electrons. The highest BCUT2D eigenvalue weighted by Crippen LogP contribution is 2.39. The second-order valence-electron chi connectivity index (χ2n) is 11.6. The van der Waals surface area contributed by atoms with Gasteiger partial charge in [-0.3, -0.25) is 24.9 Å². The number of nitrogens with zero attached hydrogens (tertiary/aromatic N) is 5. The van der Waals surface area contributed by atoms with E-state index in [1.807, 2.05) is 62.0 Å². The van der Waals surface area contributed by atoms with Gasteiger partial charge in [0.2, 0.25) is 0 Å². The summed E-state index contributed by atoms with van der Waals surface area (Å²) in [7, 11) is 0. The SMILES string of the molecule is c1cc(-c2cc(-c3ccncc3)cc(-c3cc(-c4ccncc4)cc(-c4cc(-c5ccncc5)cc(-c5ccncc5)c4)c3)c2)ccn1. The molecule has 0 N–H and O–H groups in total.